The van der Waals surface area contributed by atoms with Gasteiger partial charge in [-0.15, -0.1) is 0 Å². The summed E-state index contributed by atoms with van der Waals surface area (Å²) in [5.74, 6) is 2.00. The second-order valence-electron chi connectivity index (χ2n) is 4.60. The average Bonchev–Trinajstić information content (AvgIpc) is 3.05. The van der Waals surface area contributed by atoms with Crippen LogP contribution >= 0.6 is 0 Å². The quantitative estimate of drug-likeness (QED) is 0.878. The largest absolute Gasteiger partial charge is 0.467 e. The van der Waals surface area contributed by atoms with Gasteiger partial charge in [-0.1, -0.05) is 0 Å². The van der Waals surface area contributed by atoms with Crippen LogP contribution in [0.25, 0.3) is 0 Å². The topological polar surface area (TPSA) is 46.2 Å². The van der Waals surface area contributed by atoms with Gasteiger partial charge in [-0.25, -0.2) is 4.98 Å². The van der Waals surface area contributed by atoms with E-state index in [0.29, 0.717) is 0 Å². The Balaban J connectivity index is 1.96. The molecule has 2 aromatic rings. The van der Waals surface area contributed by atoms with Crippen LogP contribution in [0.5, 0.6) is 0 Å². The van der Waals surface area contributed by atoms with E-state index in [1.165, 1.54) is 0 Å². The minimum absolute atomic E-state index is 0.113. The number of hydrogen-bond acceptors (Lipinski definition) is 4. The normalized spacial score (nSPS) is 18.9. The summed E-state index contributed by atoms with van der Waals surface area (Å²) >= 11 is 0. The van der Waals surface area contributed by atoms with Crippen molar-refractivity contribution in [1.82, 2.24) is 19.8 Å². The molecule has 0 aliphatic carbocycles. The number of nitrogens with one attached hydrogen (secondary N) is 1. The van der Waals surface area contributed by atoms with Crippen molar-refractivity contribution in [2.45, 2.75) is 6.04 Å². The van der Waals surface area contributed by atoms with Crippen LogP contribution in [0, 0.1) is 0 Å². The summed E-state index contributed by atoms with van der Waals surface area (Å²) in [6.45, 7) is 4.06. The Labute approximate surface area is 106 Å². The zero-order valence-electron chi connectivity index (χ0n) is 10.5. The highest BCUT2D eigenvalue weighted by atomic mass is 16.3. The highest BCUT2D eigenvalue weighted by Crippen LogP contribution is 2.27. The number of imidazole rings is 1. The number of piperazine rings is 1. The molecule has 0 bridgehead atoms. The van der Waals surface area contributed by atoms with Gasteiger partial charge in [-0.05, 0) is 12.1 Å². The number of furan rings is 1. The lowest BCUT2D eigenvalue weighted by Crippen LogP contribution is -2.45. The van der Waals surface area contributed by atoms with Crippen LogP contribution in [0.1, 0.15) is 17.6 Å². The molecule has 1 atom stereocenters. The second kappa shape index (κ2) is 4.96. The SMILES string of the molecule is Cn1ccnc1C(c1ccco1)N1CCNCC1. The predicted molar refractivity (Wildman–Crippen MR) is 68.2 cm³/mol. The first kappa shape index (κ1) is 11.5. The van der Waals surface area contributed by atoms with E-state index >= 15 is 0 Å². The van der Waals surface area contributed by atoms with Crippen LogP contribution in [-0.4, -0.2) is 40.6 Å². The zero-order valence-corrected chi connectivity index (χ0v) is 10.5. The number of aryl methyl sites for hydroxylation is 1. The van der Waals surface area contributed by atoms with Crippen molar-refractivity contribution in [3.8, 4) is 0 Å². The van der Waals surface area contributed by atoms with Crippen LogP contribution in [0.2, 0.25) is 0 Å². The van der Waals surface area contributed by atoms with E-state index in [2.05, 4.69) is 19.8 Å². The van der Waals surface area contributed by atoms with Gasteiger partial charge >= 0.3 is 0 Å². The molecule has 0 saturated carbocycles. The number of rotatable bonds is 3. The maximum Gasteiger partial charge on any atom is 0.133 e. The molecule has 0 amide bonds. The molecule has 5 nitrogen and oxygen atoms in total. The average molecular weight is 246 g/mol. The molecule has 1 N–H and O–H groups in total. The molecule has 3 heterocycles. The van der Waals surface area contributed by atoms with Crippen molar-refractivity contribution in [1.29, 1.82) is 0 Å². The van der Waals surface area contributed by atoms with Gasteiger partial charge < -0.3 is 14.3 Å². The van der Waals surface area contributed by atoms with Crippen LogP contribution in [0.3, 0.4) is 0 Å². The Kier molecular flexibility index (Phi) is 3.17. The fraction of sp³-hybridized carbons (Fsp3) is 0.462. The molecular weight excluding hydrogens is 228 g/mol. The van der Waals surface area contributed by atoms with E-state index in [0.717, 1.165) is 37.8 Å². The van der Waals surface area contributed by atoms with E-state index in [9.17, 15) is 0 Å². The van der Waals surface area contributed by atoms with E-state index in [-0.39, 0.29) is 6.04 Å². The fourth-order valence-corrected chi connectivity index (χ4v) is 2.50. The van der Waals surface area contributed by atoms with E-state index in [1.54, 1.807) is 6.26 Å². The van der Waals surface area contributed by atoms with Crippen LogP contribution in [-0.2, 0) is 7.05 Å². The molecule has 18 heavy (non-hydrogen) atoms. The standard InChI is InChI=1S/C13H18N4O/c1-16-7-6-15-13(16)12(11-3-2-10-18-11)17-8-4-14-5-9-17/h2-3,6-7,10,12,14H,4-5,8-9H2,1H3. The van der Waals surface area contributed by atoms with Crippen molar-refractivity contribution >= 4 is 0 Å². The molecule has 2 aromatic heterocycles. The van der Waals surface area contributed by atoms with Crippen LogP contribution in [0.4, 0.5) is 0 Å². The Hall–Kier alpha value is -1.59. The summed E-state index contributed by atoms with van der Waals surface area (Å²) in [6.07, 6.45) is 5.55. The van der Waals surface area contributed by atoms with Gasteiger partial charge in [0.2, 0.25) is 0 Å². The first-order valence-corrected chi connectivity index (χ1v) is 6.31. The van der Waals surface area contributed by atoms with E-state index in [4.69, 9.17) is 4.42 Å². The van der Waals surface area contributed by atoms with Crippen molar-refractivity contribution in [3.63, 3.8) is 0 Å². The smallest absolute Gasteiger partial charge is 0.133 e. The molecular formula is C13H18N4O. The first-order valence-electron chi connectivity index (χ1n) is 6.31. The molecule has 1 unspecified atom stereocenters. The summed E-state index contributed by atoms with van der Waals surface area (Å²) < 4.78 is 7.68. The first-order chi connectivity index (χ1) is 8.86. The van der Waals surface area contributed by atoms with Crippen LogP contribution < -0.4 is 5.32 Å². The molecule has 96 valence electrons. The van der Waals surface area contributed by atoms with Gasteiger partial charge in [0.25, 0.3) is 0 Å². The molecule has 1 aliphatic heterocycles. The van der Waals surface area contributed by atoms with Gasteiger partial charge in [0.15, 0.2) is 0 Å². The molecule has 3 rings (SSSR count). The summed E-state index contributed by atoms with van der Waals surface area (Å²) in [5, 5.41) is 3.38. The maximum absolute atomic E-state index is 5.61. The summed E-state index contributed by atoms with van der Waals surface area (Å²) in [7, 11) is 2.03. The molecule has 5 heteroatoms. The Morgan fingerprint density at radius 2 is 2.22 bits per heavy atom. The number of hydrogen-bond donors (Lipinski definition) is 1. The van der Waals surface area contributed by atoms with Gasteiger partial charge in [0.1, 0.15) is 17.6 Å². The fourth-order valence-electron chi connectivity index (χ4n) is 2.50. The van der Waals surface area contributed by atoms with Crippen molar-refractivity contribution in [3.05, 3.63) is 42.4 Å². The Morgan fingerprint density at radius 1 is 1.39 bits per heavy atom. The third-order valence-electron chi connectivity index (χ3n) is 3.43. The highest BCUT2D eigenvalue weighted by molar-refractivity contribution is 5.16. The van der Waals surface area contributed by atoms with Crippen molar-refractivity contribution in [2.75, 3.05) is 26.2 Å². The minimum Gasteiger partial charge on any atom is -0.467 e. The van der Waals surface area contributed by atoms with Gasteiger partial charge in [0, 0.05) is 45.6 Å². The lowest BCUT2D eigenvalue weighted by atomic mass is 10.1. The summed E-state index contributed by atoms with van der Waals surface area (Å²) in [4.78, 5) is 6.90. The third kappa shape index (κ3) is 2.07. The second-order valence-corrected chi connectivity index (χ2v) is 4.60. The molecule has 0 radical (unpaired) electrons. The lowest BCUT2D eigenvalue weighted by Gasteiger charge is -2.33. The molecule has 1 saturated heterocycles. The van der Waals surface area contributed by atoms with Gasteiger partial charge in [-0.2, -0.15) is 0 Å². The maximum atomic E-state index is 5.61. The molecule has 0 aromatic carbocycles. The third-order valence-corrected chi connectivity index (χ3v) is 3.43. The molecule has 0 spiro atoms. The summed E-state index contributed by atoms with van der Waals surface area (Å²) in [5.41, 5.74) is 0. The molecule has 1 aliphatic rings. The van der Waals surface area contributed by atoms with Gasteiger partial charge in [-0.3, -0.25) is 4.90 Å². The van der Waals surface area contributed by atoms with Crippen molar-refractivity contribution in [2.24, 2.45) is 7.05 Å². The Bertz CT molecular complexity index is 485. The predicted octanol–water partition coefficient (Wildman–Crippen LogP) is 1.01. The highest BCUT2D eigenvalue weighted by Gasteiger charge is 2.28. The van der Waals surface area contributed by atoms with E-state index in [1.807, 2.05) is 31.6 Å². The van der Waals surface area contributed by atoms with E-state index < -0.39 is 0 Å². The monoisotopic (exact) mass is 246 g/mol. The lowest BCUT2D eigenvalue weighted by molar-refractivity contribution is 0.172. The van der Waals surface area contributed by atoms with Crippen LogP contribution in [0.15, 0.2) is 35.2 Å². The Morgan fingerprint density at radius 3 is 2.83 bits per heavy atom. The molecule has 1 fully saturated rings. The number of nitrogens with zero attached hydrogens (tertiary/aromatic N) is 3. The zero-order chi connectivity index (χ0) is 12.4. The number of aromatic nitrogens is 2. The van der Waals surface area contributed by atoms with Gasteiger partial charge in [0.05, 0.1) is 6.26 Å². The minimum atomic E-state index is 0.113. The summed E-state index contributed by atoms with van der Waals surface area (Å²) in [6, 6.07) is 4.08. The van der Waals surface area contributed by atoms with Crippen molar-refractivity contribution < 1.29 is 4.42 Å².